The van der Waals surface area contributed by atoms with Crippen LogP contribution >= 0.6 is 0 Å². The monoisotopic (exact) mass is 208 g/mol. The largest absolute Gasteiger partial charge is 0.435 e. The number of alkyl halides is 3. The van der Waals surface area contributed by atoms with Gasteiger partial charge in [0.1, 0.15) is 0 Å². The Morgan fingerprint density at radius 2 is 2.00 bits per heavy atom. The van der Waals surface area contributed by atoms with Gasteiger partial charge in [0.25, 0.3) is 0 Å². The fourth-order valence-corrected chi connectivity index (χ4v) is 0.997. The Balaban J connectivity index is 2.79. The van der Waals surface area contributed by atoms with E-state index in [2.05, 4.69) is 5.10 Å². The maximum Gasteiger partial charge on any atom is 0.435 e. The number of hydrogen-bond acceptors (Lipinski definition) is 2. The minimum absolute atomic E-state index is 0.0308. The summed E-state index contributed by atoms with van der Waals surface area (Å²) in [5.41, 5.74) is -2.02. The van der Waals surface area contributed by atoms with Crippen LogP contribution in [0.4, 0.5) is 13.2 Å². The molecule has 0 aliphatic rings. The number of halogens is 3. The van der Waals surface area contributed by atoms with Crippen molar-refractivity contribution in [2.75, 3.05) is 0 Å². The Bertz CT molecular complexity index is 311. The smallest absolute Gasteiger partial charge is 0.389 e. The van der Waals surface area contributed by atoms with Crippen molar-refractivity contribution in [2.45, 2.75) is 32.2 Å². The summed E-state index contributed by atoms with van der Waals surface area (Å²) in [6.07, 6.45) is -3.23. The molecule has 1 aromatic heterocycles. The van der Waals surface area contributed by atoms with Crippen molar-refractivity contribution in [3.05, 3.63) is 18.0 Å². The summed E-state index contributed by atoms with van der Waals surface area (Å²) in [7, 11) is 0. The van der Waals surface area contributed by atoms with E-state index < -0.39 is 17.5 Å². The maximum atomic E-state index is 12.1. The van der Waals surface area contributed by atoms with E-state index in [4.69, 9.17) is 0 Å². The third-order valence-electron chi connectivity index (χ3n) is 1.48. The number of hydrogen-bond donors (Lipinski definition) is 1. The molecule has 1 aromatic rings. The van der Waals surface area contributed by atoms with Crippen LogP contribution in [-0.4, -0.2) is 20.5 Å². The molecule has 14 heavy (non-hydrogen) atoms. The van der Waals surface area contributed by atoms with Crippen molar-refractivity contribution in [1.29, 1.82) is 0 Å². The zero-order valence-electron chi connectivity index (χ0n) is 7.84. The van der Waals surface area contributed by atoms with Gasteiger partial charge in [0.15, 0.2) is 5.69 Å². The van der Waals surface area contributed by atoms with Crippen LogP contribution in [0.5, 0.6) is 0 Å². The number of aliphatic hydroxyl groups is 1. The second-order valence-corrected chi connectivity index (χ2v) is 3.71. The Morgan fingerprint density at radius 1 is 1.43 bits per heavy atom. The minimum atomic E-state index is -4.43. The normalized spacial score (nSPS) is 13.3. The van der Waals surface area contributed by atoms with E-state index in [1.54, 1.807) is 0 Å². The Kier molecular flexibility index (Phi) is 2.58. The van der Waals surface area contributed by atoms with E-state index in [0.29, 0.717) is 0 Å². The van der Waals surface area contributed by atoms with Gasteiger partial charge >= 0.3 is 6.18 Å². The highest BCUT2D eigenvalue weighted by atomic mass is 19.4. The number of nitrogens with zero attached hydrogens (tertiary/aromatic N) is 2. The van der Waals surface area contributed by atoms with Crippen molar-refractivity contribution in [3.63, 3.8) is 0 Å². The summed E-state index contributed by atoms with van der Waals surface area (Å²) >= 11 is 0. The molecule has 1 N–H and O–H groups in total. The van der Waals surface area contributed by atoms with E-state index in [-0.39, 0.29) is 6.54 Å². The molecule has 0 fully saturated rings. The molecule has 1 heterocycles. The van der Waals surface area contributed by atoms with Gasteiger partial charge in [0.2, 0.25) is 0 Å². The van der Waals surface area contributed by atoms with Crippen LogP contribution < -0.4 is 0 Å². The second kappa shape index (κ2) is 3.27. The summed E-state index contributed by atoms with van der Waals surface area (Å²) in [4.78, 5) is 0. The molecule has 0 radical (unpaired) electrons. The van der Waals surface area contributed by atoms with Crippen LogP contribution in [0, 0.1) is 0 Å². The lowest BCUT2D eigenvalue weighted by molar-refractivity contribution is -0.141. The molecular weight excluding hydrogens is 197 g/mol. The fraction of sp³-hybridized carbons (Fsp3) is 0.625. The lowest BCUT2D eigenvalue weighted by atomic mass is 10.1. The lowest BCUT2D eigenvalue weighted by Gasteiger charge is -2.16. The molecule has 0 saturated heterocycles. The van der Waals surface area contributed by atoms with Gasteiger partial charge in [-0.15, -0.1) is 0 Å². The van der Waals surface area contributed by atoms with Crippen molar-refractivity contribution >= 4 is 0 Å². The predicted octanol–water partition coefficient (Wildman–Crippen LogP) is 1.67. The van der Waals surface area contributed by atoms with E-state index in [1.165, 1.54) is 20.0 Å². The molecule has 6 heteroatoms. The van der Waals surface area contributed by atoms with Crippen molar-refractivity contribution in [3.8, 4) is 0 Å². The first kappa shape index (κ1) is 11.0. The summed E-state index contributed by atoms with van der Waals surface area (Å²) in [5.74, 6) is 0. The standard InChI is InChI=1S/C8H11F3N2O/c1-7(2,14)5-13-4-3-6(12-13)8(9,10)11/h3-4,14H,5H2,1-2H3. The zero-order valence-corrected chi connectivity index (χ0v) is 7.84. The average molecular weight is 208 g/mol. The molecule has 0 unspecified atom stereocenters. The van der Waals surface area contributed by atoms with Crippen LogP contribution in [0.1, 0.15) is 19.5 Å². The molecule has 0 bridgehead atoms. The van der Waals surface area contributed by atoms with Gasteiger partial charge in [-0.05, 0) is 19.9 Å². The maximum absolute atomic E-state index is 12.1. The summed E-state index contributed by atoms with van der Waals surface area (Å²) in [6.45, 7) is 3.03. The number of aromatic nitrogens is 2. The Labute approximate surface area is 79.2 Å². The van der Waals surface area contributed by atoms with Crippen LogP contribution in [0.25, 0.3) is 0 Å². The molecule has 0 aliphatic heterocycles. The molecule has 3 nitrogen and oxygen atoms in total. The summed E-state index contributed by atoms with van der Waals surface area (Å²) in [6, 6.07) is 0.881. The van der Waals surface area contributed by atoms with Gasteiger partial charge in [-0.25, -0.2) is 0 Å². The molecule has 0 spiro atoms. The lowest BCUT2D eigenvalue weighted by Crippen LogP contribution is -2.26. The van der Waals surface area contributed by atoms with Gasteiger partial charge in [0.05, 0.1) is 12.1 Å². The molecule has 80 valence electrons. The summed E-state index contributed by atoms with van der Waals surface area (Å²) in [5, 5.41) is 12.6. The van der Waals surface area contributed by atoms with Crippen LogP contribution in [0.15, 0.2) is 12.3 Å². The first-order chi connectivity index (χ1) is 6.18. The van der Waals surface area contributed by atoms with Crippen LogP contribution in [-0.2, 0) is 12.7 Å². The average Bonchev–Trinajstić information content (AvgIpc) is 2.29. The second-order valence-electron chi connectivity index (χ2n) is 3.71. The quantitative estimate of drug-likeness (QED) is 0.802. The Morgan fingerprint density at radius 3 is 2.36 bits per heavy atom. The molecule has 0 aromatic carbocycles. The minimum Gasteiger partial charge on any atom is -0.389 e. The van der Waals surface area contributed by atoms with E-state index >= 15 is 0 Å². The zero-order chi connectivity index (χ0) is 11.0. The van der Waals surface area contributed by atoms with Crippen molar-refractivity contribution < 1.29 is 18.3 Å². The first-order valence-electron chi connectivity index (χ1n) is 4.01. The van der Waals surface area contributed by atoms with Gasteiger partial charge < -0.3 is 5.11 Å². The predicted molar refractivity (Wildman–Crippen MR) is 43.5 cm³/mol. The molecular formula is C8H11F3N2O. The number of rotatable bonds is 2. The van der Waals surface area contributed by atoms with E-state index in [9.17, 15) is 18.3 Å². The molecule has 0 atom stereocenters. The van der Waals surface area contributed by atoms with Gasteiger partial charge in [-0.1, -0.05) is 0 Å². The van der Waals surface area contributed by atoms with Crippen LogP contribution in [0.2, 0.25) is 0 Å². The third kappa shape index (κ3) is 3.02. The topological polar surface area (TPSA) is 38.0 Å². The SMILES string of the molecule is CC(C)(O)Cn1ccc(C(F)(F)F)n1. The fourth-order valence-electron chi connectivity index (χ4n) is 0.997. The van der Waals surface area contributed by atoms with Crippen molar-refractivity contribution in [2.24, 2.45) is 0 Å². The third-order valence-corrected chi connectivity index (χ3v) is 1.48. The van der Waals surface area contributed by atoms with E-state index in [0.717, 1.165) is 10.7 Å². The van der Waals surface area contributed by atoms with Crippen LogP contribution in [0.3, 0.4) is 0 Å². The van der Waals surface area contributed by atoms with Crippen molar-refractivity contribution in [1.82, 2.24) is 9.78 Å². The highest BCUT2D eigenvalue weighted by Gasteiger charge is 2.33. The summed E-state index contributed by atoms with van der Waals surface area (Å²) < 4.78 is 37.4. The van der Waals surface area contributed by atoms with Gasteiger partial charge in [-0.3, -0.25) is 4.68 Å². The van der Waals surface area contributed by atoms with Gasteiger partial charge in [-0.2, -0.15) is 18.3 Å². The molecule has 0 amide bonds. The van der Waals surface area contributed by atoms with Gasteiger partial charge in [0, 0.05) is 6.20 Å². The highest BCUT2D eigenvalue weighted by molar-refractivity contribution is 5.03. The molecule has 1 rings (SSSR count). The Hall–Kier alpha value is -1.04. The first-order valence-corrected chi connectivity index (χ1v) is 4.01. The highest BCUT2D eigenvalue weighted by Crippen LogP contribution is 2.27. The van der Waals surface area contributed by atoms with E-state index in [1.807, 2.05) is 0 Å². The molecule has 0 aliphatic carbocycles. The molecule has 0 saturated carbocycles.